The summed E-state index contributed by atoms with van der Waals surface area (Å²) in [6, 6.07) is 0. The molecule has 2 saturated carbocycles. The normalized spacial score (nSPS) is 35.8. The number of hydrogen-bond acceptors (Lipinski definition) is 6. The van der Waals surface area contributed by atoms with Crippen molar-refractivity contribution >= 4 is 22.1 Å². The van der Waals surface area contributed by atoms with E-state index in [0.717, 1.165) is 0 Å². The first kappa shape index (κ1) is 17.5. The van der Waals surface area contributed by atoms with E-state index < -0.39 is 58.3 Å². The maximum Gasteiger partial charge on any atom is 0.400 e. The van der Waals surface area contributed by atoms with Crippen molar-refractivity contribution in [3.63, 3.8) is 0 Å². The number of hydrogen-bond donors (Lipinski definition) is 1. The maximum atomic E-state index is 13.3. The van der Waals surface area contributed by atoms with Crippen LogP contribution in [0.3, 0.4) is 0 Å². The monoisotopic (exact) mass is 372 g/mol. The second-order valence-corrected chi connectivity index (χ2v) is 7.88. The highest BCUT2D eigenvalue weighted by Gasteiger charge is 2.64. The fraction of sp³-hybridized carbons (Fsp3) is 0.846. The Labute approximate surface area is 135 Å². The summed E-state index contributed by atoms with van der Waals surface area (Å²) < 4.78 is 78.4. The third kappa shape index (κ3) is 2.57. The SMILES string of the molecule is O=C(OCCC(F)C(F)(F)S(=O)(=O)O)C1C2CC3OC(=O)C1C3C2. The maximum absolute atomic E-state index is 13.3. The topological polar surface area (TPSA) is 107 Å². The molecule has 0 spiro atoms. The van der Waals surface area contributed by atoms with E-state index in [1.165, 1.54) is 0 Å². The summed E-state index contributed by atoms with van der Waals surface area (Å²) in [5.74, 6) is -2.76. The van der Waals surface area contributed by atoms with Gasteiger partial charge >= 0.3 is 27.3 Å². The molecule has 6 atom stereocenters. The van der Waals surface area contributed by atoms with E-state index in [2.05, 4.69) is 0 Å². The van der Waals surface area contributed by atoms with Crippen molar-refractivity contribution in [2.45, 2.75) is 36.8 Å². The van der Waals surface area contributed by atoms with Crippen LogP contribution in [-0.2, 0) is 29.2 Å². The van der Waals surface area contributed by atoms with Gasteiger partial charge in [0, 0.05) is 12.3 Å². The highest BCUT2D eigenvalue weighted by molar-refractivity contribution is 7.86. The molecule has 1 saturated heterocycles. The first-order valence-electron chi connectivity index (χ1n) is 7.40. The highest BCUT2D eigenvalue weighted by Crippen LogP contribution is 2.57. The van der Waals surface area contributed by atoms with Crippen molar-refractivity contribution in [1.29, 1.82) is 0 Å². The van der Waals surface area contributed by atoms with Crippen LogP contribution in [0.5, 0.6) is 0 Å². The molecule has 136 valence electrons. The fourth-order valence-corrected chi connectivity index (χ4v) is 4.46. The van der Waals surface area contributed by atoms with Crippen LogP contribution in [0.1, 0.15) is 19.3 Å². The number of alkyl halides is 3. The van der Waals surface area contributed by atoms with Gasteiger partial charge < -0.3 is 9.47 Å². The number of esters is 2. The van der Waals surface area contributed by atoms with Crippen molar-refractivity contribution in [2.75, 3.05) is 6.61 Å². The third-order valence-electron chi connectivity index (χ3n) is 5.08. The van der Waals surface area contributed by atoms with E-state index in [9.17, 15) is 31.2 Å². The molecule has 24 heavy (non-hydrogen) atoms. The van der Waals surface area contributed by atoms with Crippen LogP contribution in [0.4, 0.5) is 13.2 Å². The molecule has 2 aliphatic carbocycles. The zero-order valence-corrected chi connectivity index (χ0v) is 13.0. The minimum atomic E-state index is -5.90. The Bertz CT molecular complexity index is 662. The van der Waals surface area contributed by atoms with Gasteiger partial charge in [0.05, 0.1) is 18.4 Å². The van der Waals surface area contributed by atoms with Gasteiger partial charge in [-0.25, -0.2) is 4.39 Å². The molecular formula is C13H15F3O7S. The minimum absolute atomic E-state index is 0.0437. The number of fused-ring (bicyclic) bond motifs is 1. The van der Waals surface area contributed by atoms with Gasteiger partial charge in [-0.3, -0.25) is 14.1 Å². The van der Waals surface area contributed by atoms with Crippen LogP contribution in [0, 0.1) is 23.7 Å². The second kappa shape index (κ2) is 5.58. The van der Waals surface area contributed by atoms with Gasteiger partial charge in [-0.05, 0) is 18.8 Å². The van der Waals surface area contributed by atoms with Crippen LogP contribution in [0.25, 0.3) is 0 Å². The molecular weight excluding hydrogens is 357 g/mol. The molecule has 0 amide bonds. The van der Waals surface area contributed by atoms with Gasteiger partial charge in [0.1, 0.15) is 6.10 Å². The van der Waals surface area contributed by atoms with Gasteiger partial charge in [-0.15, -0.1) is 0 Å². The molecule has 0 aromatic rings. The molecule has 1 N–H and O–H groups in total. The van der Waals surface area contributed by atoms with E-state index >= 15 is 0 Å². The Morgan fingerprint density at radius 3 is 2.71 bits per heavy atom. The van der Waals surface area contributed by atoms with Crippen molar-refractivity contribution in [3.8, 4) is 0 Å². The summed E-state index contributed by atoms with van der Waals surface area (Å²) in [4.78, 5) is 23.8. The number of rotatable bonds is 6. The molecule has 3 fully saturated rings. The molecule has 1 aliphatic heterocycles. The van der Waals surface area contributed by atoms with Crippen molar-refractivity contribution in [3.05, 3.63) is 0 Å². The summed E-state index contributed by atoms with van der Waals surface area (Å²) in [6.07, 6.45) is -3.31. The minimum Gasteiger partial charge on any atom is -0.465 e. The van der Waals surface area contributed by atoms with Gasteiger partial charge in [-0.2, -0.15) is 17.2 Å². The van der Waals surface area contributed by atoms with Gasteiger partial charge in [-0.1, -0.05) is 0 Å². The Morgan fingerprint density at radius 2 is 2.08 bits per heavy atom. The van der Waals surface area contributed by atoms with Crippen molar-refractivity contribution < 1.29 is 45.2 Å². The summed E-state index contributed by atoms with van der Waals surface area (Å²) in [5.41, 5.74) is 0. The molecule has 2 bridgehead atoms. The van der Waals surface area contributed by atoms with Crippen molar-refractivity contribution in [1.82, 2.24) is 0 Å². The van der Waals surface area contributed by atoms with E-state index in [1.807, 2.05) is 0 Å². The lowest BCUT2D eigenvalue weighted by Crippen LogP contribution is -2.39. The summed E-state index contributed by atoms with van der Waals surface area (Å²) in [6.45, 7) is -0.788. The van der Waals surface area contributed by atoms with Crippen molar-refractivity contribution in [2.24, 2.45) is 23.7 Å². The van der Waals surface area contributed by atoms with Gasteiger partial charge in [0.25, 0.3) is 0 Å². The molecule has 11 heteroatoms. The predicted molar refractivity (Wildman–Crippen MR) is 70.0 cm³/mol. The smallest absolute Gasteiger partial charge is 0.400 e. The summed E-state index contributed by atoms with van der Waals surface area (Å²) >= 11 is 0. The van der Waals surface area contributed by atoms with E-state index in [1.54, 1.807) is 0 Å². The number of carbonyl (C=O) groups is 2. The Morgan fingerprint density at radius 1 is 1.42 bits per heavy atom. The molecule has 6 unspecified atom stereocenters. The van der Waals surface area contributed by atoms with E-state index in [4.69, 9.17) is 14.0 Å². The average Bonchev–Trinajstić information content (AvgIpc) is 3.06. The first-order valence-corrected chi connectivity index (χ1v) is 8.84. The Kier molecular flexibility index (Phi) is 4.06. The lowest BCUT2D eigenvalue weighted by molar-refractivity contribution is -0.156. The van der Waals surface area contributed by atoms with E-state index in [0.29, 0.717) is 12.8 Å². The lowest BCUT2D eigenvalue weighted by atomic mass is 9.80. The number of carbonyl (C=O) groups excluding carboxylic acids is 2. The third-order valence-corrected chi connectivity index (χ3v) is 6.02. The average molecular weight is 372 g/mol. The first-order chi connectivity index (χ1) is 11.0. The van der Waals surface area contributed by atoms with Crippen LogP contribution < -0.4 is 0 Å². The summed E-state index contributed by atoms with van der Waals surface area (Å²) in [5, 5.41) is -4.98. The fourth-order valence-electron chi connectivity index (χ4n) is 4.01. The zero-order valence-electron chi connectivity index (χ0n) is 12.2. The predicted octanol–water partition coefficient (Wildman–Crippen LogP) is 0.936. The highest BCUT2D eigenvalue weighted by atomic mass is 32.2. The van der Waals surface area contributed by atoms with Gasteiger partial charge in [0.2, 0.25) is 0 Å². The lowest BCUT2D eigenvalue weighted by Gasteiger charge is -2.23. The molecule has 1 heterocycles. The second-order valence-electron chi connectivity index (χ2n) is 6.38. The molecule has 3 rings (SSSR count). The molecule has 7 nitrogen and oxygen atoms in total. The Hall–Kier alpha value is -1.36. The molecule has 3 aliphatic rings. The number of ether oxygens (including phenoxy) is 2. The molecule has 0 radical (unpaired) electrons. The zero-order chi connectivity index (χ0) is 17.9. The van der Waals surface area contributed by atoms with Crippen LogP contribution in [0.2, 0.25) is 0 Å². The Balaban J connectivity index is 1.55. The van der Waals surface area contributed by atoms with E-state index in [-0.39, 0.29) is 17.9 Å². The van der Waals surface area contributed by atoms with Gasteiger partial charge in [0.15, 0.2) is 6.17 Å². The largest absolute Gasteiger partial charge is 0.465 e. The molecule has 0 aromatic heterocycles. The van der Waals surface area contributed by atoms with Crippen LogP contribution >= 0.6 is 0 Å². The summed E-state index contributed by atoms with van der Waals surface area (Å²) in [7, 11) is -5.90. The van der Waals surface area contributed by atoms with Crippen LogP contribution in [-0.4, -0.2) is 49.0 Å². The standard InChI is InChI=1S/C13H15F3O7S/c14-8(13(15,16)24(19,20)21)1-2-22-11(17)9-5-3-6-7(4-5)23-12(18)10(6)9/h5-10H,1-4H2,(H,19,20,21). The van der Waals surface area contributed by atoms with Crippen LogP contribution in [0.15, 0.2) is 0 Å². The molecule has 0 aromatic carbocycles. The number of halogens is 3. The quantitative estimate of drug-likeness (QED) is 0.546.